The summed E-state index contributed by atoms with van der Waals surface area (Å²) >= 11 is 7.33. The van der Waals surface area contributed by atoms with Crippen molar-refractivity contribution in [3.8, 4) is 0 Å². The van der Waals surface area contributed by atoms with Gasteiger partial charge in [0.15, 0.2) is 5.13 Å². The van der Waals surface area contributed by atoms with Crippen LogP contribution in [0.25, 0.3) is 0 Å². The standard InChI is InChI=1S/C13H14ClN3O2S/c1-15-13-17-10(7-20-13)12(19)16-6-11(18)8-4-2-3-5-9(8)14/h2-5,7,11,18H,6H2,1H3,(H,15,17)(H,16,19). The van der Waals surface area contributed by atoms with Gasteiger partial charge in [0.2, 0.25) is 0 Å². The van der Waals surface area contributed by atoms with E-state index in [1.54, 1.807) is 36.7 Å². The highest BCUT2D eigenvalue weighted by Crippen LogP contribution is 2.22. The molecule has 106 valence electrons. The van der Waals surface area contributed by atoms with Gasteiger partial charge in [0.05, 0.1) is 6.10 Å². The number of aliphatic hydroxyl groups is 1. The molecule has 1 aromatic heterocycles. The van der Waals surface area contributed by atoms with E-state index in [0.717, 1.165) is 0 Å². The number of nitrogens with one attached hydrogen (secondary N) is 2. The van der Waals surface area contributed by atoms with E-state index in [1.807, 2.05) is 0 Å². The number of thiazole rings is 1. The molecule has 5 nitrogen and oxygen atoms in total. The van der Waals surface area contributed by atoms with Gasteiger partial charge in [0, 0.05) is 29.6 Å². The van der Waals surface area contributed by atoms with Crippen LogP contribution in [-0.4, -0.2) is 29.6 Å². The van der Waals surface area contributed by atoms with Crippen LogP contribution in [0.5, 0.6) is 0 Å². The molecule has 0 saturated carbocycles. The fourth-order valence-corrected chi connectivity index (χ4v) is 2.54. The minimum atomic E-state index is -0.852. The summed E-state index contributed by atoms with van der Waals surface area (Å²) in [5, 5.41) is 18.3. The first kappa shape index (κ1) is 14.8. The van der Waals surface area contributed by atoms with Crippen molar-refractivity contribution in [3.05, 3.63) is 45.9 Å². The SMILES string of the molecule is CNc1nc(C(=O)NCC(O)c2ccccc2Cl)cs1. The van der Waals surface area contributed by atoms with Gasteiger partial charge in [0.25, 0.3) is 5.91 Å². The summed E-state index contributed by atoms with van der Waals surface area (Å²) in [4.78, 5) is 15.9. The molecule has 2 rings (SSSR count). The van der Waals surface area contributed by atoms with Crippen LogP contribution in [0.4, 0.5) is 5.13 Å². The quantitative estimate of drug-likeness (QED) is 0.792. The summed E-state index contributed by atoms with van der Waals surface area (Å²) in [6, 6.07) is 6.99. The Balaban J connectivity index is 1.95. The molecule has 1 amide bonds. The van der Waals surface area contributed by atoms with Crippen LogP contribution < -0.4 is 10.6 Å². The van der Waals surface area contributed by atoms with Crippen molar-refractivity contribution in [1.29, 1.82) is 0 Å². The Morgan fingerprint density at radius 1 is 1.50 bits per heavy atom. The van der Waals surface area contributed by atoms with Crippen molar-refractivity contribution in [3.63, 3.8) is 0 Å². The maximum absolute atomic E-state index is 11.9. The molecule has 0 saturated heterocycles. The Bertz CT molecular complexity index is 603. The maximum Gasteiger partial charge on any atom is 0.270 e. The first-order chi connectivity index (χ1) is 9.61. The van der Waals surface area contributed by atoms with Crippen molar-refractivity contribution in [1.82, 2.24) is 10.3 Å². The number of carbonyl (C=O) groups is 1. The smallest absolute Gasteiger partial charge is 0.270 e. The number of rotatable bonds is 5. The predicted molar refractivity (Wildman–Crippen MR) is 80.4 cm³/mol. The van der Waals surface area contributed by atoms with Crippen LogP contribution in [0.3, 0.4) is 0 Å². The Labute approximate surface area is 125 Å². The van der Waals surface area contributed by atoms with E-state index in [9.17, 15) is 9.90 Å². The molecule has 1 heterocycles. The van der Waals surface area contributed by atoms with Gasteiger partial charge in [-0.1, -0.05) is 29.8 Å². The maximum atomic E-state index is 11.9. The Morgan fingerprint density at radius 2 is 2.25 bits per heavy atom. The van der Waals surface area contributed by atoms with E-state index < -0.39 is 6.10 Å². The molecule has 0 bridgehead atoms. The molecule has 0 fully saturated rings. The molecule has 3 N–H and O–H groups in total. The largest absolute Gasteiger partial charge is 0.387 e. The molecule has 0 spiro atoms. The molecule has 1 atom stereocenters. The molecule has 0 aliphatic carbocycles. The Kier molecular flexibility index (Phi) is 4.94. The van der Waals surface area contributed by atoms with Gasteiger partial charge in [-0.2, -0.15) is 0 Å². The van der Waals surface area contributed by atoms with E-state index >= 15 is 0 Å². The molecular formula is C13H14ClN3O2S. The van der Waals surface area contributed by atoms with E-state index in [-0.39, 0.29) is 12.5 Å². The molecule has 0 radical (unpaired) electrons. The number of carbonyl (C=O) groups excluding carboxylic acids is 1. The normalized spacial score (nSPS) is 11.9. The average Bonchev–Trinajstić information content (AvgIpc) is 2.94. The van der Waals surface area contributed by atoms with E-state index in [0.29, 0.717) is 21.4 Å². The number of hydrogen-bond donors (Lipinski definition) is 3. The van der Waals surface area contributed by atoms with Gasteiger partial charge < -0.3 is 15.7 Å². The van der Waals surface area contributed by atoms with Crippen molar-refractivity contribution >= 4 is 34.0 Å². The highest BCUT2D eigenvalue weighted by atomic mass is 35.5. The van der Waals surface area contributed by atoms with Crippen LogP contribution in [-0.2, 0) is 0 Å². The molecular weight excluding hydrogens is 298 g/mol. The molecule has 0 aliphatic rings. The van der Waals surface area contributed by atoms with Gasteiger partial charge >= 0.3 is 0 Å². The summed E-state index contributed by atoms with van der Waals surface area (Å²) in [5.74, 6) is -0.325. The third-order valence-electron chi connectivity index (χ3n) is 2.67. The lowest BCUT2D eigenvalue weighted by Crippen LogP contribution is -2.28. The molecule has 1 unspecified atom stereocenters. The van der Waals surface area contributed by atoms with Crippen molar-refractivity contribution < 1.29 is 9.90 Å². The third kappa shape index (κ3) is 3.47. The fourth-order valence-electron chi connectivity index (χ4n) is 1.63. The zero-order valence-electron chi connectivity index (χ0n) is 10.8. The second kappa shape index (κ2) is 6.69. The van der Waals surface area contributed by atoms with Crippen LogP contribution in [0, 0.1) is 0 Å². The summed E-state index contributed by atoms with van der Waals surface area (Å²) in [5.41, 5.74) is 0.911. The monoisotopic (exact) mass is 311 g/mol. The summed E-state index contributed by atoms with van der Waals surface area (Å²) in [6.45, 7) is 0.0784. The zero-order chi connectivity index (χ0) is 14.5. The predicted octanol–water partition coefficient (Wildman–Crippen LogP) is 2.30. The minimum absolute atomic E-state index is 0.0784. The van der Waals surface area contributed by atoms with Gasteiger partial charge in [0.1, 0.15) is 5.69 Å². The van der Waals surface area contributed by atoms with Gasteiger partial charge in [-0.3, -0.25) is 4.79 Å². The molecule has 7 heteroatoms. The topological polar surface area (TPSA) is 74.2 Å². The highest BCUT2D eigenvalue weighted by Gasteiger charge is 2.14. The number of aromatic nitrogens is 1. The zero-order valence-corrected chi connectivity index (χ0v) is 12.3. The lowest BCUT2D eigenvalue weighted by atomic mass is 10.1. The number of anilines is 1. The molecule has 20 heavy (non-hydrogen) atoms. The van der Waals surface area contributed by atoms with Crippen LogP contribution in [0.1, 0.15) is 22.2 Å². The highest BCUT2D eigenvalue weighted by molar-refractivity contribution is 7.13. The molecule has 0 aliphatic heterocycles. The first-order valence-electron chi connectivity index (χ1n) is 5.95. The minimum Gasteiger partial charge on any atom is -0.387 e. The second-order valence-electron chi connectivity index (χ2n) is 4.04. The van der Waals surface area contributed by atoms with Gasteiger partial charge in [-0.05, 0) is 6.07 Å². The van der Waals surface area contributed by atoms with Crippen molar-refractivity contribution in [2.75, 3.05) is 18.9 Å². The molecule has 1 aromatic carbocycles. The number of halogens is 1. The number of benzene rings is 1. The number of nitrogens with zero attached hydrogens (tertiary/aromatic N) is 1. The average molecular weight is 312 g/mol. The lowest BCUT2D eigenvalue weighted by Gasteiger charge is -2.13. The second-order valence-corrected chi connectivity index (χ2v) is 5.30. The van der Waals surface area contributed by atoms with E-state index in [4.69, 9.17) is 11.6 Å². The third-order valence-corrected chi connectivity index (χ3v) is 3.87. The summed E-state index contributed by atoms with van der Waals surface area (Å²) < 4.78 is 0. The lowest BCUT2D eigenvalue weighted by molar-refractivity contribution is 0.0912. The first-order valence-corrected chi connectivity index (χ1v) is 7.21. The Morgan fingerprint density at radius 3 is 2.90 bits per heavy atom. The number of aliphatic hydroxyl groups excluding tert-OH is 1. The van der Waals surface area contributed by atoms with Gasteiger partial charge in [-0.15, -0.1) is 11.3 Å². The molecule has 2 aromatic rings. The van der Waals surface area contributed by atoms with Gasteiger partial charge in [-0.25, -0.2) is 4.98 Å². The summed E-state index contributed by atoms with van der Waals surface area (Å²) in [6.07, 6.45) is -0.852. The number of hydrogen-bond acceptors (Lipinski definition) is 5. The fraction of sp³-hybridized carbons (Fsp3) is 0.231. The van der Waals surface area contributed by atoms with Crippen LogP contribution >= 0.6 is 22.9 Å². The van der Waals surface area contributed by atoms with E-state index in [1.165, 1.54) is 11.3 Å². The van der Waals surface area contributed by atoms with E-state index in [2.05, 4.69) is 15.6 Å². The number of amides is 1. The Hall–Kier alpha value is -1.63. The van der Waals surface area contributed by atoms with Crippen LogP contribution in [0.2, 0.25) is 5.02 Å². The summed E-state index contributed by atoms with van der Waals surface area (Å²) in [7, 11) is 1.74. The van der Waals surface area contributed by atoms with Crippen LogP contribution in [0.15, 0.2) is 29.6 Å². The van der Waals surface area contributed by atoms with Crippen molar-refractivity contribution in [2.24, 2.45) is 0 Å². The van der Waals surface area contributed by atoms with Crippen molar-refractivity contribution in [2.45, 2.75) is 6.10 Å².